The van der Waals surface area contributed by atoms with Crippen LogP contribution in [-0.2, 0) is 6.42 Å². The fraction of sp³-hybridized carbons (Fsp3) is 0.733. The highest BCUT2D eigenvalue weighted by Gasteiger charge is 2.27. The van der Waals surface area contributed by atoms with Gasteiger partial charge in [-0.15, -0.1) is 11.3 Å². The van der Waals surface area contributed by atoms with Crippen LogP contribution in [-0.4, -0.2) is 13.1 Å². The molecule has 1 nitrogen and oxygen atoms in total. The van der Waals surface area contributed by atoms with E-state index in [9.17, 15) is 0 Å². The van der Waals surface area contributed by atoms with Gasteiger partial charge in [-0.25, -0.2) is 0 Å². The third kappa shape index (κ3) is 4.36. The lowest BCUT2D eigenvalue weighted by Gasteiger charge is -2.20. The predicted octanol–water partition coefficient (Wildman–Crippen LogP) is 4.72. The van der Waals surface area contributed by atoms with E-state index in [4.69, 9.17) is 0 Å². The zero-order valence-corrected chi connectivity index (χ0v) is 13.8. The van der Waals surface area contributed by atoms with E-state index in [-0.39, 0.29) is 0 Å². The quantitative estimate of drug-likeness (QED) is 0.796. The van der Waals surface area contributed by atoms with Gasteiger partial charge in [-0.2, -0.15) is 0 Å². The Labute approximate surface area is 123 Å². The average Bonchev–Trinajstić information content (AvgIpc) is 2.89. The Balaban J connectivity index is 1.80. The number of thiophene rings is 1. The third-order valence-corrected chi connectivity index (χ3v) is 5.51. The molecule has 0 aromatic carbocycles. The second kappa shape index (κ2) is 7.06. The lowest BCUT2D eigenvalue weighted by atomic mass is 9.92. The summed E-state index contributed by atoms with van der Waals surface area (Å²) >= 11 is 5.46. The molecule has 1 aromatic heterocycles. The molecule has 0 bridgehead atoms. The summed E-state index contributed by atoms with van der Waals surface area (Å²) in [6, 6.07) is 4.46. The Kier molecular flexibility index (Phi) is 5.71. The Bertz CT molecular complexity index is 361. The van der Waals surface area contributed by atoms with Gasteiger partial charge in [0.15, 0.2) is 0 Å². The second-order valence-electron chi connectivity index (χ2n) is 5.91. The lowest BCUT2D eigenvalue weighted by Crippen LogP contribution is -2.28. The van der Waals surface area contributed by atoms with E-state index >= 15 is 0 Å². The van der Waals surface area contributed by atoms with Crippen LogP contribution in [0.25, 0.3) is 0 Å². The zero-order valence-electron chi connectivity index (χ0n) is 11.4. The smallest absolute Gasteiger partial charge is 0.0701 e. The number of hydrogen-bond acceptors (Lipinski definition) is 2. The fourth-order valence-electron chi connectivity index (χ4n) is 2.93. The normalized spacial score (nSPS) is 24.0. The van der Waals surface area contributed by atoms with Crippen LogP contribution in [0, 0.1) is 17.8 Å². The predicted molar refractivity (Wildman–Crippen MR) is 84.3 cm³/mol. The van der Waals surface area contributed by atoms with Gasteiger partial charge in [0.2, 0.25) is 0 Å². The van der Waals surface area contributed by atoms with Crippen LogP contribution >= 0.6 is 27.3 Å². The van der Waals surface area contributed by atoms with Crippen LogP contribution in [0.2, 0.25) is 0 Å². The summed E-state index contributed by atoms with van der Waals surface area (Å²) in [5.74, 6) is 2.55. The SMILES string of the molecule is CC(C)CNCC1CCCC1Cc1ccc(Br)s1. The largest absolute Gasteiger partial charge is 0.316 e. The van der Waals surface area contributed by atoms with E-state index < -0.39 is 0 Å². The van der Waals surface area contributed by atoms with Crippen molar-refractivity contribution >= 4 is 27.3 Å². The van der Waals surface area contributed by atoms with Crippen molar-refractivity contribution in [1.29, 1.82) is 0 Å². The Morgan fingerprint density at radius 1 is 1.33 bits per heavy atom. The van der Waals surface area contributed by atoms with Gasteiger partial charge in [-0.1, -0.05) is 20.3 Å². The van der Waals surface area contributed by atoms with Gasteiger partial charge in [0.1, 0.15) is 0 Å². The van der Waals surface area contributed by atoms with Crippen LogP contribution in [0.15, 0.2) is 15.9 Å². The van der Waals surface area contributed by atoms with E-state index in [0.717, 1.165) is 24.3 Å². The van der Waals surface area contributed by atoms with Gasteiger partial charge in [0.25, 0.3) is 0 Å². The van der Waals surface area contributed by atoms with Gasteiger partial charge >= 0.3 is 0 Å². The molecule has 2 atom stereocenters. The maximum atomic E-state index is 3.64. The van der Waals surface area contributed by atoms with Gasteiger partial charge in [0.05, 0.1) is 3.79 Å². The Morgan fingerprint density at radius 3 is 2.78 bits per heavy atom. The van der Waals surface area contributed by atoms with E-state index in [2.05, 4.69) is 47.2 Å². The van der Waals surface area contributed by atoms with Crippen molar-refractivity contribution in [2.75, 3.05) is 13.1 Å². The molecule has 3 heteroatoms. The molecule has 1 aromatic rings. The molecule has 2 unspecified atom stereocenters. The standard InChI is InChI=1S/C15H24BrNS/c1-11(2)9-17-10-13-5-3-4-12(13)8-14-6-7-15(16)18-14/h6-7,11-13,17H,3-5,8-10H2,1-2H3. The van der Waals surface area contributed by atoms with Crippen molar-refractivity contribution in [3.05, 3.63) is 20.8 Å². The van der Waals surface area contributed by atoms with Crippen LogP contribution in [0.3, 0.4) is 0 Å². The van der Waals surface area contributed by atoms with Gasteiger partial charge < -0.3 is 5.32 Å². The molecule has 1 saturated carbocycles. The molecule has 0 radical (unpaired) electrons. The van der Waals surface area contributed by atoms with Crippen molar-refractivity contribution in [2.24, 2.45) is 17.8 Å². The monoisotopic (exact) mass is 329 g/mol. The summed E-state index contributed by atoms with van der Waals surface area (Å²) in [5.41, 5.74) is 0. The molecule has 1 fully saturated rings. The molecule has 1 aliphatic carbocycles. The van der Waals surface area contributed by atoms with E-state index in [0.29, 0.717) is 0 Å². The Morgan fingerprint density at radius 2 is 2.11 bits per heavy atom. The number of halogens is 1. The Hall–Kier alpha value is 0.140. The first-order chi connectivity index (χ1) is 8.65. The van der Waals surface area contributed by atoms with Gasteiger partial charge in [-0.3, -0.25) is 0 Å². The van der Waals surface area contributed by atoms with Gasteiger partial charge in [0, 0.05) is 4.88 Å². The lowest BCUT2D eigenvalue weighted by molar-refractivity contribution is 0.359. The maximum Gasteiger partial charge on any atom is 0.0701 e. The molecule has 0 saturated heterocycles. The van der Waals surface area contributed by atoms with Crippen LogP contribution < -0.4 is 5.32 Å². The van der Waals surface area contributed by atoms with E-state index in [1.807, 2.05) is 11.3 Å². The summed E-state index contributed by atoms with van der Waals surface area (Å²) in [4.78, 5) is 1.54. The van der Waals surface area contributed by atoms with Crippen molar-refractivity contribution in [3.8, 4) is 0 Å². The molecular weight excluding hydrogens is 306 g/mol. The van der Waals surface area contributed by atoms with Crippen molar-refractivity contribution in [1.82, 2.24) is 5.32 Å². The summed E-state index contributed by atoms with van der Waals surface area (Å²) in [6.07, 6.45) is 5.54. The molecule has 1 aliphatic rings. The summed E-state index contributed by atoms with van der Waals surface area (Å²) in [5, 5.41) is 3.64. The first-order valence-corrected chi connectivity index (χ1v) is 8.71. The molecule has 18 heavy (non-hydrogen) atoms. The first-order valence-electron chi connectivity index (χ1n) is 7.10. The zero-order chi connectivity index (χ0) is 13.0. The molecule has 0 aliphatic heterocycles. The minimum absolute atomic E-state index is 0.762. The van der Waals surface area contributed by atoms with Crippen LogP contribution in [0.1, 0.15) is 38.0 Å². The highest BCUT2D eigenvalue weighted by Crippen LogP contribution is 2.35. The average molecular weight is 330 g/mol. The maximum absolute atomic E-state index is 3.64. The highest BCUT2D eigenvalue weighted by molar-refractivity contribution is 9.11. The minimum Gasteiger partial charge on any atom is -0.316 e. The number of nitrogens with one attached hydrogen (secondary N) is 1. The summed E-state index contributed by atoms with van der Waals surface area (Å²) in [6.45, 7) is 6.94. The number of hydrogen-bond donors (Lipinski definition) is 1. The van der Waals surface area contributed by atoms with Crippen molar-refractivity contribution < 1.29 is 0 Å². The van der Waals surface area contributed by atoms with Crippen LogP contribution in [0.5, 0.6) is 0 Å². The molecular formula is C15H24BrNS. The molecule has 0 spiro atoms. The second-order valence-corrected chi connectivity index (χ2v) is 8.46. The molecule has 2 rings (SSSR count). The van der Waals surface area contributed by atoms with Crippen molar-refractivity contribution in [3.63, 3.8) is 0 Å². The van der Waals surface area contributed by atoms with E-state index in [1.165, 1.54) is 36.0 Å². The fourth-order valence-corrected chi connectivity index (χ4v) is 4.50. The van der Waals surface area contributed by atoms with Gasteiger partial charge in [-0.05, 0) is 78.2 Å². The van der Waals surface area contributed by atoms with Crippen LogP contribution in [0.4, 0.5) is 0 Å². The molecule has 1 N–H and O–H groups in total. The molecule has 0 amide bonds. The van der Waals surface area contributed by atoms with Crippen molar-refractivity contribution in [2.45, 2.75) is 39.5 Å². The topological polar surface area (TPSA) is 12.0 Å². The van der Waals surface area contributed by atoms with E-state index in [1.54, 1.807) is 4.88 Å². The summed E-state index contributed by atoms with van der Waals surface area (Å²) in [7, 11) is 0. The molecule has 1 heterocycles. The third-order valence-electron chi connectivity index (χ3n) is 3.87. The minimum atomic E-state index is 0.762. The highest BCUT2D eigenvalue weighted by atomic mass is 79.9. The summed E-state index contributed by atoms with van der Waals surface area (Å²) < 4.78 is 1.27. The number of rotatable bonds is 6. The first kappa shape index (κ1) is 14.5. The molecule has 102 valence electrons.